The zero-order valence-electron chi connectivity index (χ0n) is 13.4. The van der Waals surface area contributed by atoms with E-state index in [4.69, 9.17) is 8.94 Å². The number of aromatic nitrogens is 2. The van der Waals surface area contributed by atoms with Gasteiger partial charge in [0, 0.05) is 31.1 Å². The first-order valence-corrected chi connectivity index (χ1v) is 8.00. The van der Waals surface area contributed by atoms with Crippen LogP contribution in [0, 0.1) is 6.92 Å². The summed E-state index contributed by atoms with van der Waals surface area (Å²) in [4.78, 5) is 21.1. The van der Waals surface area contributed by atoms with Gasteiger partial charge in [-0.05, 0) is 32.9 Å². The molecule has 1 saturated carbocycles. The number of hydrogen-bond acceptors (Lipinski definition) is 6. The van der Waals surface area contributed by atoms with Gasteiger partial charge in [-0.1, -0.05) is 5.16 Å². The number of likely N-dealkylation sites (N-methyl/N-ethyl adjacent to an activating group) is 1. The summed E-state index contributed by atoms with van der Waals surface area (Å²) in [7, 11) is 2.02. The molecule has 4 rings (SSSR count). The van der Waals surface area contributed by atoms with Crippen molar-refractivity contribution in [2.75, 3.05) is 26.7 Å². The molecule has 0 spiro atoms. The third-order valence-electron chi connectivity index (χ3n) is 4.68. The maximum atomic E-state index is 12.6. The normalized spacial score (nSPS) is 22.5. The van der Waals surface area contributed by atoms with Crippen LogP contribution in [0.2, 0.25) is 0 Å². The first kappa shape index (κ1) is 14.4. The molecule has 1 amide bonds. The molecule has 1 aliphatic heterocycles. The van der Waals surface area contributed by atoms with E-state index in [0.29, 0.717) is 30.7 Å². The monoisotopic (exact) mass is 316 g/mol. The van der Waals surface area contributed by atoms with Crippen LogP contribution < -0.4 is 0 Å². The van der Waals surface area contributed by atoms with Crippen LogP contribution >= 0.6 is 0 Å². The van der Waals surface area contributed by atoms with Crippen LogP contribution in [0.3, 0.4) is 0 Å². The zero-order chi connectivity index (χ0) is 16.0. The summed E-state index contributed by atoms with van der Waals surface area (Å²) in [5, 5.41) is 4.09. The Hall–Kier alpha value is -2.15. The molecule has 2 aromatic rings. The van der Waals surface area contributed by atoms with Gasteiger partial charge in [0.1, 0.15) is 6.04 Å². The van der Waals surface area contributed by atoms with Gasteiger partial charge in [0.15, 0.2) is 11.6 Å². The van der Waals surface area contributed by atoms with Crippen LogP contribution in [-0.4, -0.2) is 52.5 Å². The minimum atomic E-state index is -0.0764. The number of carbonyl (C=O) groups is 1. The lowest BCUT2D eigenvalue weighted by Crippen LogP contribution is -2.49. The van der Waals surface area contributed by atoms with E-state index < -0.39 is 0 Å². The highest BCUT2D eigenvalue weighted by molar-refractivity contribution is 5.92. The van der Waals surface area contributed by atoms with Gasteiger partial charge in [-0.25, -0.2) is 0 Å². The van der Waals surface area contributed by atoms with E-state index in [1.54, 1.807) is 17.2 Å². The molecule has 0 bridgehead atoms. The van der Waals surface area contributed by atoms with Crippen molar-refractivity contribution < 1.29 is 13.7 Å². The second-order valence-electron chi connectivity index (χ2n) is 6.45. The van der Waals surface area contributed by atoms with Gasteiger partial charge < -0.3 is 13.8 Å². The average Bonchev–Trinajstić information content (AvgIpc) is 3.12. The van der Waals surface area contributed by atoms with Crippen LogP contribution in [0.5, 0.6) is 0 Å². The quantitative estimate of drug-likeness (QED) is 0.862. The highest BCUT2D eigenvalue weighted by Gasteiger charge is 2.35. The molecular formula is C16H20N4O3. The summed E-state index contributed by atoms with van der Waals surface area (Å²) in [6, 6.07) is 1.74. The molecule has 2 aromatic heterocycles. The van der Waals surface area contributed by atoms with Crippen molar-refractivity contribution in [3.05, 3.63) is 35.4 Å². The Morgan fingerprint density at radius 2 is 2.17 bits per heavy atom. The number of carbonyl (C=O) groups excluding carboxylic acids is 1. The van der Waals surface area contributed by atoms with E-state index in [-0.39, 0.29) is 11.9 Å². The standard InChI is InChI=1S/C16H20N4O3/c1-10-5-8-22-13(10)16(21)20-7-6-19(2)12(9-20)15-17-14(18-23-15)11-3-4-11/h5,8,11-12H,3-4,6-7,9H2,1-2H3/t12-/m1/s1. The Balaban J connectivity index is 1.53. The van der Waals surface area contributed by atoms with Crippen molar-refractivity contribution in [1.82, 2.24) is 19.9 Å². The van der Waals surface area contributed by atoms with Gasteiger partial charge in [0.25, 0.3) is 5.91 Å². The minimum Gasteiger partial charge on any atom is -0.459 e. The number of nitrogens with zero attached hydrogens (tertiary/aromatic N) is 4. The molecular weight excluding hydrogens is 296 g/mol. The fourth-order valence-electron chi connectivity index (χ4n) is 2.95. The molecule has 1 aliphatic carbocycles. The van der Waals surface area contributed by atoms with Gasteiger partial charge in [0.05, 0.1) is 6.26 Å². The molecule has 0 N–H and O–H groups in total. The fraction of sp³-hybridized carbons (Fsp3) is 0.562. The van der Waals surface area contributed by atoms with E-state index in [2.05, 4.69) is 15.0 Å². The molecule has 2 fully saturated rings. The first-order valence-electron chi connectivity index (χ1n) is 8.00. The van der Waals surface area contributed by atoms with Crippen molar-refractivity contribution in [2.24, 2.45) is 0 Å². The van der Waals surface area contributed by atoms with Gasteiger partial charge >= 0.3 is 0 Å². The summed E-state index contributed by atoms with van der Waals surface area (Å²) < 4.78 is 10.8. The highest BCUT2D eigenvalue weighted by Crippen LogP contribution is 2.38. The maximum absolute atomic E-state index is 12.6. The fourth-order valence-corrected chi connectivity index (χ4v) is 2.95. The van der Waals surface area contributed by atoms with E-state index in [9.17, 15) is 4.79 Å². The van der Waals surface area contributed by atoms with Gasteiger partial charge in [-0.3, -0.25) is 9.69 Å². The van der Waals surface area contributed by atoms with Crippen LogP contribution in [0.25, 0.3) is 0 Å². The first-order chi connectivity index (χ1) is 11.1. The maximum Gasteiger partial charge on any atom is 0.289 e. The Morgan fingerprint density at radius 1 is 1.35 bits per heavy atom. The average molecular weight is 316 g/mol. The number of hydrogen-bond donors (Lipinski definition) is 0. The second kappa shape index (κ2) is 5.49. The Morgan fingerprint density at radius 3 is 2.87 bits per heavy atom. The summed E-state index contributed by atoms with van der Waals surface area (Å²) in [5.41, 5.74) is 0.860. The third-order valence-corrected chi connectivity index (χ3v) is 4.68. The minimum absolute atomic E-state index is 0.0667. The predicted octanol–water partition coefficient (Wildman–Crippen LogP) is 1.98. The lowest BCUT2D eigenvalue weighted by atomic mass is 10.1. The molecule has 1 atom stereocenters. The van der Waals surface area contributed by atoms with Crippen LogP contribution in [-0.2, 0) is 0 Å². The van der Waals surface area contributed by atoms with Crippen molar-refractivity contribution >= 4 is 5.91 Å². The summed E-state index contributed by atoms with van der Waals surface area (Å²) in [6.07, 6.45) is 3.83. The molecule has 7 nitrogen and oxygen atoms in total. The Bertz CT molecular complexity index is 718. The number of piperazine rings is 1. The van der Waals surface area contributed by atoms with E-state index in [0.717, 1.165) is 30.8 Å². The number of furan rings is 1. The topological polar surface area (TPSA) is 75.6 Å². The van der Waals surface area contributed by atoms with Gasteiger partial charge in [-0.15, -0.1) is 0 Å². The highest BCUT2D eigenvalue weighted by atomic mass is 16.5. The lowest BCUT2D eigenvalue weighted by molar-refractivity contribution is 0.0461. The molecule has 0 aromatic carbocycles. The van der Waals surface area contributed by atoms with Crippen LogP contribution in [0.15, 0.2) is 21.3 Å². The summed E-state index contributed by atoms with van der Waals surface area (Å²) in [5.74, 6) is 2.21. The zero-order valence-corrected chi connectivity index (χ0v) is 13.4. The number of amides is 1. The summed E-state index contributed by atoms with van der Waals surface area (Å²) in [6.45, 7) is 3.83. The number of aryl methyl sites for hydroxylation is 1. The van der Waals surface area contributed by atoms with Crippen LogP contribution in [0.1, 0.15) is 52.6 Å². The molecule has 23 heavy (non-hydrogen) atoms. The van der Waals surface area contributed by atoms with Crippen molar-refractivity contribution in [3.63, 3.8) is 0 Å². The predicted molar refractivity (Wildman–Crippen MR) is 81.0 cm³/mol. The largest absolute Gasteiger partial charge is 0.459 e. The Kier molecular flexibility index (Phi) is 3.45. The second-order valence-corrected chi connectivity index (χ2v) is 6.45. The van der Waals surface area contributed by atoms with E-state index in [1.807, 2.05) is 14.0 Å². The molecule has 2 aliphatic rings. The van der Waals surface area contributed by atoms with Gasteiger partial charge in [-0.2, -0.15) is 4.98 Å². The molecule has 122 valence electrons. The SMILES string of the molecule is Cc1ccoc1C(=O)N1CCN(C)[C@@H](c2nc(C3CC3)no2)C1. The van der Waals surface area contributed by atoms with Crippen LogP contribution in [0.4, 0.5) is 0 Å². The van der Waals surface area contributed by atoms with Crippen molar-refractivity contribution in [1.29, 1.82) is 0 Å². The molecule has 7 heteroatoms. The number of rotatable bonds is 3. The third kappa shape index (κ3) is 2.65. The summed E-state index contributed by atoms with van der Waals surface area (Å²) >= 11 is 0. The molecule has 0 unspecified atom stereocenters. The van der Waals surface area contributed by atoms with E-state index >= 15 is 0 Å². The Labute approximate surface area is 134 Å². The van der Waals surface area contributed by atoms with Gasteiger partial charge in [0.2, 0.25) is 5.89 Å². The smallest absolute Gasteiger partial charge is 0.289 e. The van der Waals surface area contributed by atoms with E-state index in [1.165, 1.54) is 0 Å². The lowest BCUT2D eigenvalue weighted by Gasteiger charge is -2.37. The molecule has 3 heterocycles. The van der Waals surface area contributed by atoms with Crippen molar-refractivity contribution in [3.8, 4) is 0 Å². The molecule has 0 radical (unpaired) electrons. The van der Waals surface area contributed by atoms with Crippen molar-refractivity contribution in [2.45, 2.75) is 31.7 Å². The molecule has 1 saturated heterocycles.